The van der Waals surface area contributed by atoms with Crippen LogP contribution in [0.2, 0.25) is 5.02 Å². The van der Waals surface area contributed by atoms with Gasteiger partial charge in [-0.3, -0.25) is 4.79 Å². The molecular weight excluding hydrogens is 310 g/mol. The topological polar surface area (TPSA) is 84.9 Å². The molecule has 0 saturated heterocycles. The number of aliphatic carboxylic acids is 1. The van der Waals surface area contributed by atoms with E-state index < -0.39 is 17.9 Å². The van der Waals surface area contributed by atoms with Gasteiger partial charge in [0, 0.05) is 0 Å². The van der Waals surface area contributed by atoms with E-state index >= 15 is 0 Å². The van der Waals surface area contributed by atoms with Gasteiger partial charge in [-0.25, -0.2) is 4.79 Å². The molecule has 1 aliphatic rings. The number of carboxylic acid groups (broad SMARTS) is 1. The minimum Gasteiger partial charge on any atom is -0.495 e. The number of carbonyl (C=O) groups excluding carboxylic acids is 1. The first-order chi connectivity index (χ1) is 10.5. The normalized spacial score (nSPS) is 15.2. The van der Waals surface area contributed by atoms with Gasteiger partial charge in [-0.05, 0) is 36.5 Å². The summed E-state index contributed by atoms with van der Waals surface area (Å²) in [7, 11) is 1.47. The fourth-order valence-electron chi connectivity index (χ4n) is 1.96. The molecule has 2 N–H and O–H groups in total. The van der Waals surface area contributed by atoms with Gasteiger partial charge in [0.2, 0.25) is 5.91 Å². The van der Waals surface area contributed by atoms with Crippen LogP contribution in [0.1, 0.15) is 24.4 Å². The maximum Gasteiger partial charge on any atom is 0.330 e. The first-order valence-electron chi connectivity index (χ1n) is 6.94. The molecule has 1 saturated carbocycles. The Bertz CT molecular complexity index is 559. The first kappa shape index (κ1) is 16.6. The Morgan fingerprint density at radius 3 is 2.73 bits per heavy atom. The highest BCUT2D eigenvalue weighted by atomic mass is 35.5. The fourth-order valence-corrected chi connectivity index (χ4v) is 2.22. The van der Waals surface area contributed by atoms with Crippen molar-refractivity contribution in [3.8, 4) is 5.75 Å². The zero-order valence-corrected chi connectivity index (χ0v) is 12.9. The van der Waals surface area contributed by atoms with Crippen LogP contribution in [0.3, 0.4) is 0 Å². The second-order valence-electron chi connectivity index (χ2n) is 5.19. The van der Waals surface area contributed by atoms with Crippen molar-refractivity contribution in [3.05, 3.63) is 28.8 Å². The number of carbonyl (C=O) groups is 2. The summed E-state index contributed by atoms with van der Waals surface area (Å²) in [5.41, 5.74) is 0.369. The molecule has 120 valence electrons. The maximum atomic E-state index is 11.8. The van der Waals surface area contributed by atoms with E-state index in [0.717, 1.165) is 12.8 Å². The number of benzene rings is 1. The average Bonchev–Trinajstić information content (AvgIpc) is 3.28. The summed E-state index contributed by atoms with van der Waals surface area (Å²) in [5.74, 6) is -0.658. The Kier molecular flexibility index (Phi) is 5.63. The van der Waals surface area contributed by atoms with Gasteiger partial charge in [-0.15, -0.1) is 0 Å². The number of carboxylic acids is 1. The molecule has 1 unspecified atom stereocenters. The summed E-state index contributed by atoms with van der Waals surface area (Å²) in [5, 5.41) is 12.0. The number of methoxy groups -OCH3 is 1. The summed E-state index contributed by atoms with van der Waals surface area (Å²) >= 11 is 5.98. The minimum atomic E-state index is -1.18. The SMILES string of the molecule is COc1ccc(C(NC(=O)COCC2CC2)C(=O)O)cc1Cl. The van der Waals surface area contributed by atoms with Gasteiger partial charge in [0.15, 0.2) is 6.04 Å². The Morgan fingerprint density at radius 1 is 1.45 bits per heavy atom. The molecule has 0 radical (unpaired) electrons. The maximum absolute atomic E-state index is 11.8. The largest absolute Gasteiger partial charge is 0.495 e. The van der Waals surface area contributed by atoms with Crippen molar-refractivity contribution in [1.82, 2.24) is 5.32 Å². The number of nitrogens with one attached hydrogen (secondary N) is 1. The van der Waals surface area contributed by atoms with Crippen LogP contribution in [0.5, 0.6) is 5.75 Å². The van der Waals surface area contributed by atoms with Crippen LogP contribution in [0, 0.1) is 5.92 Å². The van der Waals surface area contributed by atoms with Crippen LogP contribution in [0.25, 0.3) is 0 Å². The van der Waals surface area contributed by atoms with Crippen molar-refractivity contribution < 1.29 is 24.2 Å². The molecule has 0 heterocycles. The highest BCUT2D eigenvalue weighted by Crippen LogP contribution is 2.29. The van der Waals surface area contributed by atoms with Gasteiger partial charge in [-0.2, -0.15) is 0 Å². The van der Waals surface area contributed by atoms with E-state index in [2.05, 4.69) is 5.32 Å². The van der Waals surface area contributed by atoms with Gasteiger partial charge in [0.05, 0.1) is 18.7 Å². The van der Waals surface area contributed by atoms with Crippen LogP contribution in [-0.2, 0) is 14.3 Å². The Morgan fingerprint density at radius 2 is 2.18 bits per heavy atom. The number of ether oxygens (including phenoxy) is 2. The quantitative estimate of drug-likeness (QED) is 0.763. The lowest BCUT2D eigenvalue weighted by atomic mass is 10.1. The van der Waals surface area contributed by atoms with Crippen molar-refractivity contribution in [2.75, 3.05) is 20.3 Å². The number of rotatable bonds is 8. The monoisotopic (exact) mass is 327 g/mol. The third kappa shape index (κ3) is 4.61. The lowest BCUT2D eigenvalue weighted by Crippen LogP contribution is -2.36. The second-order valence-corrected chi connectivity index (χ2v) is 5.60. The lowest BCUT2D eigenvalue weighted by Gasteiger charge is -2.16. The zero-order chi connectivity index (χ0) is 16.1. The van der Waals surface area contributed by atoms with E-state index in [1.807, 2.05) is 0 Å². The summed E-state index contributed by atoms with van der Waals surface area (Å²) in [4.78, 5) is 23.1. The first-order valence-corrected chi connectivity index (χ1v) is 7.32. The van der Waals surface area contributed by atoms with E-state index in [0.29, 0.717) is 23.8 Å². The molecule has 1 atom stereocenters. The number of amides is 1. The minimum absolute atomic E-state index is 0.149. The van der Waals surface area contributed by atoms with E-state index in [-0.39, 0.29) is 11.6 Å². The van der Waals surface area contributed by atoms with Gasteiger partial charge in [0.25, 0.3) is 0 Å². The van der Waals surface area contributed by atoms with Gasteiger partial charge in [0.1, 0.15) is 12.4 Å². The van der Waals surface area contributed by atoms with Crippen molar-refractivity contribution in [1.29, 1.82) is 0 Å². The molecule has 0 bridgehead atoms. The standard InChI is InChI=1S/C15H18ClNO5/c1-21-12-5-4-10(6-11(12)16)14(15(19)20)17-13(18)8-22-7-9-2-3-9/h4-6,9,14H,2-3,7-8H2,1H3,(H,17,18)(H,19,20). The Hall–Kier alpha value is -1.79. The Balaban J connectivity index is 1.97. The molecule has 1 aromatic rings. The molecule has 1 fully saturated rings. The number of hydrogen-bond donors (Lipinski definition) is 2. The molecule has 6 nitrogen and oxygen atoms in total. The second kappa shape index (κ2) is 7.47. The van der Waals surface area contributed by atoms with Crippen molar-refractivity contribution in [2.24, 2.45) is 5.92 Å². The van der Waals surface area contributed by atoms with E-state index in [9.17, 15) is 14.7 Å². The number of halogens is 1. The predicted molar refractivity (Wildman–Crippen MR) is 80.1 cm³/mol. The highest BCUT2D eigenvalue weighted by Gasteiger charge is 2.24. The zero-order valence-electron chi connectivity index (χ0n) is 12.2. The van der Waals surface area contributed by atoms with E-state index in [1.165, 1.54) is 13.2 Å². The van der Waals surface area contributed by atoms with Crippen molar-refractivity contribution in [2.45, 2.75) is 18.9 Å². The fraction of sp³-hybridized carbons (Fsp3) is 0.467. The summed E-state index contributed by atoms with van der Waals surface area (Å²) < 4.78 is 10.3. The van der Waals surface area contributed by atoms with Crippen LogP contribution >= 0.6 is 11.6 Å². The van der Waals surface area contributed by atoms with Gasteiger partial charge in [-0.1, -0.05) is 17.7 Å². The molecular formula is C15H18ClNO5. The van der Waals surface area contributed by atoms with Crippen LogP contribution in [-0.4, -0.2) is 37.3 Å². The molecule has 0 aromatic heterocycles. The molecule has 1 aromatic carbocycles. The van der Waals surface area contributed by atoms with E-state index in [4.69, 9.17) is 21.1 Å². The molecule has 0 aliphatic heterocycles. The smallest absolute Gasteiger partial charge is 0.330 e. The van der Waals surface area contributed by atoms with Crippen LogP contribution < -0.4 is 10.1 Å². The predicted octanol–water partition coefficient (Wildman–Crippen LogP) is 2.02. The van der Waals surface area contributed by atoms with Crippen molar-refractivity contribution in [3.63, 3.8) is 0 Å². The third-order valence-corrected chi connectivity index (χ3v) is 3.64. The molecule has 1 aliphatic carbocycles. The summed E-state index contributed by atoms with van der Waals surface area (Å²) in [6.45, 7) is 0.393. The molecule has 7 heteroatoms. The van der Waals surface area contributed by atoms with Gasteiger partial charge >= 0.3 is 5.97 Å². The molecule has 1 amide bonds. The summed E-state index contributed by atoms with van der Waals surface area (Å²) in [6.07, 6.45) is 2.26. The van der Waals surface area contributed by atoms with Crippen LogP contribution in [0.4, 0.5) is 0 Å². The molecule has 0 spiro atoms. The van der Waals surface area contributed by atoms with Crippen molar-refractivity contribution >= 4 is 23.5 Å². The highest BCUT2D eigenvalue weighted by molar-refractivity contribution is 6.32. The van der Waals surface area contributed by atoms with E-state index in [1.54, 1.807) is 12.1 Å². The molecule has 2 rings (SSSR count). The number of hydrogen-bond acceptors (Lipinski definition) is 4. The average molecular weight is 328 g/mol. The van der Waals surface area contributed by atoms with Crippen LogP contribution in [0.15, 0.2) is 18.2 Å². The lowest BCUT2D eigenvalue weighted by molar-refractivity contribution is -0.142. The molecule has 22 heavy (non-hydrogen) atoms. The summed E-state index contributed by atoms with van der Waals surface area (Å²) in [6, 6.07) is 3.39. The van der Waals surface area contributed by atoms with Gasteiger partial charge < -0.3 is 19.9 Å². The third-order valence-electron chi connectivity index (χ3n) is 3.35. The Labute approximate surface area is 133 Å².